The first-order valence-electron chi connectivity index (χ1n) is 39.7. The van der Waals surface area contributed by atoms with Crippen molar-refractivity contribution in [3.8, 4) is 86.6 Å². The van der Waals surface area contributed by atoms with E-state index < -0.39 is 82.0 Å². The van der Waals surface area contributed by atoms with Gasteiger partial charge in [-0.3, -0.25) is 30.2 Å². The Labute approximate surface area is 700 Å². The summed E-state index contributed by atoms with van der Waals surface area (Å²) in [6.07, 6.45) is 1.20. The Kier molecular flexibility index (Phi) is 21.2. The number of hydrogen-bond donors (Lipinski definition) is 7. The van der Waals surface area contributed by atoms with E-state index in [0.29, 0.717) is 95.9 Å². The highest BCUT2D eigenvalue weighted by atomic mass is 32.2. The number of ether oxygens (including phenoxy) is 12. The number of aromatic hydroxyl groups is 4. The molecule has 22 rings (SSSR count). The van der Waals surface area contributed by atoms with Gasteiger partial charge in [0.1, 0.15) is 50.2 Å². The third-order valence-electron chi connectivity index (χ3n) is 26.7. The summed E-state index contributed by atoms with van der Waals surface area (Å²) < 4.78 is 74.8. The minimum atomic E-state index is -1.32. The fraction of sp³-hybridized carbons (Fsp3) is 0.440. The molecule has 14 aliphatic heterocycles. The van der Waals surface area contributed by atoms with E-state index >= 15 is 0 Å². The largest absolute Gasteiger partial charge is 0.504 e. The smallest absolute Gasteiger partial charge is 0.331 e. The third kappa shape index (κ3) is 12.3. The molecule has 14 aliphatic rings. The molecule has 2 unspecified atom stereocenters. The number of hydrogen-bond acceptors (Lipinski definition) is 28. The summed E-state index contributed by atoms with van der Waals surface area (Å²) in [6.45, 7) is 9.12. The number of nitrogens with one attached hydrogen (secondary N) is 2. The van der Waals surface area contributed by atoms with Crippen LogP contribution >= 0.6 is 23.5 Å². The maximum Gasteiger partial charge on any atom is 0.331 e. The quantitative estimate of drug-likeness (QED) is 0.0626. The van der Waals surface area contributed by atoms with Crippen molar-refractivity contribution < 1.29 is 92.0 Å². The number of methoxy groups -OCH3 is 4. The van der Waals surface area contributed by atoms with Crippen LogP contribution in [0.1, 0.15) is 150 Å². The van der Waals surface area contributed by atoms with Crippen LogP contribution in [0.2, 0.25) is 0 Å². The van der Waals surface area contributed by atoms with Crippen molar-refractivity contribution in [2.45, 2.75) is 164 Å². The number of piperazine rings is 2. The lowest BCUT2D eigenvalue weighted by Crippen LogP contribution is -2.70. The zero-order chi connectivity index (χ0) is 81.1. The number of carbonyl (C=O) groups excluding carboxylic acids is 2. The van der Waals surface area contributed by atoms with Gasteiger partial charge in [0.05, 0.1) is 75.2 Å². The summed E-state index contributed by atoms with van der Waals surface area (Å²) in [5, 5.41) is 76.2. The molecule has 4 saturated heterocycles. The van der Waals surface area contributed by atoms with Crippen LogP contribution in [0.25, 0.3) is 0 Å². The van der Waals surface area contributed by atoms with E-state index in [1.807, 2.05) is 102 Å². The number of carbonyl (C=O) groups is 2. The van der Waals surface area contributed by atoms with Crippen molar-refractivity contribution >= 4 is 35.5 Å². The molecule has 0 aliphatic carbocycles. The van der Waals surface area contributed by atoms with Crippen molar-refractivity contribution in [3.05, 3.63) is 197 Å². The number of benzene rings is 8. The molecule has 8 bridgehead atoms. The lowest BCUT2D eigenvalue weighted by atomic mass is 9.71. The second kappa shape index (κ2) is 31.1. The minimum Gasteiger partial charge on any atom is -0.504 e. The summed E-state index contributed by atoms with van der Waals surface area (Å²) in [4.78, 5) is 38.5. The lowest BCUT2D eigenvalue weighted by Gasteiger charge is -2.62. The van der Waals surface area contributed by atoms with Crippen molar-refractivity contribution in [1.82, 2.24) is 30.2 Å². The van der Waals surface area contributed by atoms with E-state index in [2.05, 4.69) is 48.4 Å². The topological polar surface area (TPSA) is 307 Å². The number of thioether (sulfide) groups is 2. The van der Waals surface area contributed by atoms with Gasteiger partial charge in [-0.05, 0) is 147 Å². The first kappa shape index (κ1) is 81.2. The number of phenolic OH excluding ortho intramolecular Hbond substituents is 4. The number of aliphatic hydroxyl groups excluding tert-OH is 1. The second-order valence-electron chi connectivity index (χ2n) is 32.4. The number of nitriles is 1. The van der Waals surface area contributed by atoms with Gasteiger partial charge >= 0.3 is 11.9 Å². The van der Waals surface area contributed by atoms with Crippen molar-refractivity contribution in [2.24, 2.45) is 0 Å². The second-order valence-corrected chi connectivity index (χ2v) is 34.6. The number of fused-ring (bicyclic) bond motifs is 18. The van der Waals surface area contributed by atoms with Crippen LogP contribution in [0, 0.1) is 39.0 Å². The molecule has 0 saturated carbocycles. The number of phenols is 4. The van der Waals surface area contributed by atoms with E-state index in [4.69, 9.17) is 56.8 Å². The zero-order valence-corrected chi connectivity index (χ0v) is 68.2. The highest BCUT2D eigenvalue weighted by Gasteiger charge is 2.65. The van der Waals surface area contributed by atoms with Gasteiger partial charge in [0, 0.05) is 87.2 Å². The molecular formula is C91H101N7O19S2. The molecule has 119 heavy (non-hydrogen) atoms. The molecule has 28 heteroatoms. The Morgan fingerprint density at radius 2 is 0.941 bits per heavy atom. The van der Waals surface area contributed by atoms with Crippen LogP contribution in [0.5, 0.6) is 80.5 Å². The maximum absolute atomic E-state index is 14.9. The summed E-state index contributed by atoms with van der Waals surface area (Å²) >= 11 is 3.16. The van der Waals surface area contributed by atoms with Crippen LogP contribution in [0.4, 0.5) is 0 Å². The molecule has 0 amide bonds. The van der Waals surface area contributed by atoms with Crippen LogP contribution in [0.3, 0.4) is 0 Å². The van der Waals surface area contributed by atoms with Crippen LogP contribution in [-0.4, -0.2) is 187 Å². The fourth-order valence-corrected chi connectivity index (χ4v) is 24.8. The molecule has 0 aromatic heterocycles. The van der Waals surface area contributed by atoms with Crippen molar-refractivity contribution in [3.63, 3.8) is 0 Å². The molecule has 26 nitrogen and oxygen atoms in total. The third-order valence-corrected chi connectivity index (χ3v) is 29.6. The zero-order valence-electron chi connectivity index (χ0n) is 66.6. The molecule has 14 heterocycles. The number of nitrogens with zero attached hydrogens (tertiary/aromatic N) is 5. The summed E-state index contributed by atoms with van der Waals surface area (Å²) in [7, 11) is 10.2. The maximum atomic E-state index is 14.9. The normalized spacial score (nSPS) is 27.5. The van der Waals surface area contributed by atoms with E-state index in [-0.39, 0.29) is 113 Å². The van der Waals surface area contributed by atoms with Gasteiger partial charge in [-0.1, -0.05) is 87.6 Å². The summed E-state index contributed by atoms with van der Waals surface area (Å²) in [5.74, 6) is 4.59. The first-order valence-corrected chi connectivity index (χ1v) is 41.8. The predicted molar refractivity (Wildman–Crippen MR) is 445 cm³/mol. The van der Waals surface area contributed by atoms with Gasteiger partial charge in [-0.2, -0.15) is 5.26 Å². The van der Waals surface area contributed by atoms with Crippen LogP contribution in [-0.2, 0) is 69.0 Å². The predicted octanol–water partition coefficient (Wildman–Crippen LogP) is 12.0. The van der Waals surface area contributed by atoms with Gasteiger partial charge < -0.3 is 82.4 Å². The average Bonchev–Trinajstić information content (AvgIpc) is 1.47. The highest BCUT2D eigenvalue weighted by molar-refractivity contribution is 7.99. The fourth-order valence-electron chi connectivity index (χ4n) is 21.5. The van der Waals surface area contributed by atoms with Gasteiger partial charge in [0.25, 0.3) is 0 Å². The van der Waals surface area contributed by atoms with Crippen molar-refractivity contribution in [1.29, 1.82) is 5.26 Å². The SMILES string of the molecule is C.C.COc1cc2c(cc1O)CCN[C@]21CS[C@@H]2c3c(OCc4ccccc4)c(C)c4c(c3[C@H](COC1=O)N1C2[C@H]2c3c(cc(C)c(OC)c3O)C[C@@H]([C@@H]1C#N)N2C)OCO4.COc1cc2c(cc1O)CCN[C@]21CS[C@@H]2c3c(OCc4ccccc4)c(C)c4c(c3[C@H](COC1=O)N1C2[C@H]2c3c(cc(C)c(OC)c3O)C[C@@H]([C@@H]1O)N2C)OCO4. The molecular weight excluding hydrogens is 1560 g/mol. The van der Waals surface area contributed by atoms with Crippen LogP contribution < -0.4 is 58.0 Å². The van der Waals surface area contributed by atoms with Crippen molar-refractivity contribution in [2.75, 3.05) is 93.9 Å². The molecule has 14 atom stereocenters. The summed E-state index contributed by atoms with van der Waals surface area (Å²) in [6, 6.07) is 29.3. The van der Waals surface area contributed by atoms with E-state index in [1.165, 1.54) is 14.2 Å². The Hall–Kier alpha value is -10.2. The van der Waals surface area contributed by atoms with E-state index in [0.717, 1.165) is 89.0 Å². The molecule has 2 spiro atoms. The van der Waals surface area contributed by atoms with E-state index in [1.54, 1.807) is 62.0 Å². The first-order chi connectivity index (χ1) is 56.7. The molecule has 8 aromatic carbocycles. The number of rotatable bonds is 10. The molecule has 0 radical (unpaired) electrons. The lowest BCUT2D eigenvalue weighted by molar-refractivity contribution is -0.186. The van der Waals surface area contributed by atoms with Gasteiger partial charge in [-0.25, -0.2) is 9.59 Å². The molecule has 626 valence electrons. The number of esters is 2. The van der Waals surface area contributed by atoms with Gasteiger partial charge in [0.2, 0.25) is 13.6 Å². The molecule has 7 N–H and O–H groups in total. The molecule has 4 fully saturated rings. The molecule has 8 aromatic rings. The number of aryl methyl sites for hydroxylation is 2. The van der Waals surface area contributed by atoms with Gasteiger partial charge in [-0.15, -0.1) is 23.5 Å². The highest BCUT2D eigenvalue weighted by Crippen LogP contribution is 2.68. The minimum absolute atomic E-state index is 0. The Morgan fingerprint density at radius 1 is 0.521 bits per heavy atom. The van der Waals surface area contributed by atoms with Gasteiger partial charge in [0.15, 0.2) is 80.1 Å². The number of likely N-dealkylation sites (N-methyl/N-ethyl adjacent to an activating group) is 2. The van der Waals surface area contributed by atoms with Crippen LogP contribution in [0.15, 0.2) is 97.1 Å². The Bertz CT molecular complexity index is 5440. The average molecular weight is 1660 g/mol. The monoisotopic (exact) mass is 1660 g/mol. The Morgan fingerprint density at radius 3 is 1.38 bits per heavy atom. The number of aliphatic hydroxyl groups is 1. The van der Waals surface area contributed by atoms with E-state index in [9.17, 15) is 40.4 Å². The Balaban J connectivity index is 0.000000167. The standard InChI is InChI=1S/C45H46N4O9S.C44H47N3O10S.2CH4/c1-22-13-26-14-28-29(17-46)49-30-19-56-44(52)45(27-16-32(53-4)31(50)15-25(27)11-12-47-45)20-59-43(37(49)36(48(28)3)33(26)38(51)39(22)54-5)35-34(30)42-41(57-21-58-42)23(2)40(35)55-18-24-9-7-6-8-10-24;1-21-13-25-14-27-42(50)47-28-18-55-43(51)44(26-16-30(52-4)29(48)15-24(26)11-12-45-44)19-58-41(35(47)34(46(27)3)31(25)36(49)37(21)53-5)33-32(28)40-39(56-20-57-40)22(2)38(33)54-17-23-9-7-6-8-10-23;;/h6-10,13,15-16,28-30,36-37,43,47,50-51H,11-12,14,18-21H2,1-5H3;6-10,13,15-16,27-28,34-35,41-42,45,48-50H,11-12,14,17-20H2,1-5H3;2*1H4/t28-,29-,30-,36+,37?,43+,45+;27-,28-,34+,35?,41+,42-,44+;;/m00../s1. The summed E-state index contributed by atoms with van der Waals surface area (Å²) in [5.41, 5.74) is 12.4.